The maximum atomic E-state index is 12.4. The molecule has 126 valence electrons. The molecule has 0 aromatic heterocycles. The maximum Gasteiger partial charge on any atom is 0.408 e. The molecule has 5 nitrogen and oxygen atoms in total. The summed E-state index contributed by atoms with van der Waals surface area (Å²) < 4.78 is 11.2. The number of amides is 1. The minimum Gasteiger partial charge on any atom is -0.467 e. The van der Waals surface area contributed by atoms with Crippen LogP contribution >= 0.6 is 15.9 Å². The Morgan fingerprint density at radius 3 is 2.26 bits per heavy atom. The highest BCUT2D eigenvalue weighted by atomic mass is 79.9. The molecule has 0 heterocycles. The lowest BCUT2D eigenvalue weighted by molar-refractivity contribution is -0.145. The Hall–Kier alpha value is -1.56. The van der Waals surface area contributed by atoms with Crippen LogP contribution < -0.4 is 5.32 Å². The van der Waals surface area contributed by atoms with Crippen LogP contribution in [0.3, 0.4) is 0 Å². The van der Waals surface area contributed by atoms with Crippen LogP contribution in [-0.2, 0) is 19.7 Å². The zero-order valence-corrected chi connectivity index (χ0v) is 15.6. The number of rotatable bonds is 3. The molecule has 6 heteroatoms. The molecule has 0 saturated heterocycles. The number of carbonyl (C=O) groups excluding carboxylic acids is 2. The standard InChI is InChI=1S/C17H22BrNO4/c1-15(2,3)23-14(21)19-17(13(20)22-5)10-16(17,4)11-6-8-12(18)9-7-11/h6-9H,10H2,1-5H3,(H,19,21). The van der Waals surface area contributed by atoms with E-state index in [-0.39, 0.29) is 0 Å². The molecule has 1 aromatic rings. The van der Waals surface area contributed by atoms with E-state index in [0.717, 1.165) is 10.0 Å². The highest BCUT2D eigenvalue weighted by molar-refractivity contribution is 9.10. The first-order valence-corrected chi connectivity index (χ1v) is 8.19. The van der Waals surface area contributed by atoms with Crippen molar-refractivity contribution < 1.29 is 19.1 Å². The summed E-state index contributed by atoms with van der Waals surface area (Å²) in [4.78, 5) is 24.5. The average molecular weight is 384 g/mol. The third-order valence-electron chi connectivity index (χ3n) is 4.17. The summed E-state index contributed by atoms with van der Waals surface area (Å²) in [5.41, 5.74) is -1.30. The van der Waals surface area contributed by atoms with Crippen molar-refractivity contribution in [3.05, 3.63) is 34.3 Å². The van der Waals surface area contributed by atoms with Crippen molar-refractivity contribution in [3.8, 4) is 0 Å². The lowest BCUT2D eigenvalue weighted by Gasteiger charge is -2.25. The molecule has 2 unspecified atom stereocenters. The van der Waals surface area contributed by atoms with Crippen LogP contribution in [0.4, 0.5) is 4.79 Å². The highest BCUT2D eigenvalue weighted by Gasteiger charge is 2.72. The van der Waals surface area contributed by atoms with Gasteiger partial charge in [-0.3, -0.25) is 0 Å². The molecule has 1 aliphatic rings. The van der Waals surface area contributed by atoms with Crippen molar-refractivity contribution in [2.24, 2.45) is 0 Å². The van der Waals surface area contributed by atoms with Gasteiger partial charge in [0, 0.05) is 9.89 Å². The first kappa shape index (κ1) is 17.8. The molecule has 0 radical (unpaired) electrons. The van der Waals surface area contributed by atoms with Gasteiger partial charge >= 0.3 is 12.1 Å². The Morgan fingerprint density at radius 1 is 1.22 bits per heavy atom. The number of esters is 1. The van der Waals surface area contributed by atoms with Crippen LogP contribution in [0.2, 0.25) is 0 Å². The number of carbonyl (C=O) groups is 2. The number of alkyl carbamates (subject to hydrolysis) is 1. The molecule has 1 N–H and O–H groups in total. The number of nitrogens with one attached hydrogen (secondary N) is 1. The van der Waals surface area contributed by atoms with Crippen molar-refractivity contribution in [1.82, 2.24) is 5.32 Å². The second-order valence-electron chi connectivity index (χ2n) is 7.04. The Morgan fingerprint density at radius 2 is 1.78 bits per heavy atom. The maximum absolute atomic E-state index is 12.4. The minimum absolute atomic E-state index is 0.464. The lowest BCUT2D eigenvalue weighted by atomic mass is 9.92. The normalized spacial score (nSPS) is 26.3. The molecule has 23 heavy (non-hydrogen) atoms. The van der Waals surface area contributed by atoms with Gasteiger partial charge in [0.2, 0.25) is 0 Å². The smallest absolute Gasteiger partial charge is 0.408 e. The van der Waals surface area contributed by atoms with Gasteiger partial charge in [0.15, 0.2) is 5.54 Å². The molecule has 1 fully saturated rings. The van der Waals surface area contributed by atoms with Gasteiger partial charge in [-0.1, -0.05) is 35.0 Å². The van der Waals surface area contributed by atoms with Crippen molar-refractivity contribution in [2.75, 3.05) is 7.11 Å². The fraction of sp³-hybridized carbons (Fsp3) is 0.529. The summed E-state index contributed by atoms with van der Waals surface area (Å²) in [5, 5.41) is 2.73. The van der Waals surface area contributed by atoms with E-state index in [1.54, 1.807) is 20.8 Å². The van der Waals surface area contributed by atoms with Crippen molar-refractivity contribution in [1.29, 1.82) is 0 Å². The quantitative estimate of drug-likeness (QED) is 0.810. The molecular weight excluding hydrogens is 362 g/mol. The number of benzene rings is 1. The molecule has 0 bridgehead atoms. The first-order valence-electron chi connectivity index (χ1n) is 7.40. The number of methoxy groups -OCH3 is 1. The van der Waals surface area contributed by atoms with E-state index < -0.39 is 28.6 Å². The van der Waals surface area contributed by atoms with Gasteiger partial charge in [-0.05, 0) is 44.9 Å². The lowest BCUT2D eigenvalue weighted by Crippen LogP contribution is -2.50. The third-order valence-corrected chi connectivity index (χ3v) is 4.69. The summed E-state index contributed by atoms with van der Waals surface area (Å²) >= 11 is 3.40. The van der Waals surface area contributed by atoms with Crippen LogP contribution in [-0.4, -0.2) is 30.3 Å². The molecule has 1 amide bonds. The SMILES string of the molecule is COC(=O)C1(NC(=O)OC(C)(C)C)CC1(C)c1ccc(Br)cc1. The van der Waals surface area contributed by atoms with Gasteiger partial charge in [-0.2, -0.15) is 0 Å². The summed E-state index contributed by atoms with van der Waals surface area (Å²) in [6.45, 7) is 7.26. The van der Waals surface area contributed by atoms with Gasteiger partial charge < -0.3 is 14.8 Å². The van der Waals surface area contributed by atoms with Crippen molar-refractivity contribution >= 4 is 28.0 Å². The third kappa shape index (κ3) is 3.37. The Kier molecular flexibility index (Phi) is 4.50. The number of hydrogen-bond acceptors (Lipinski definition) is 4. The minimum atomic E-state index is -1.10. The second-order valence-corrected chi connectivity index (χ2v) is 7.96. The van der Waals surface area contributed by atoms with Crippen molar-refractivity contribution in [2.45, 2.75) is 50.7 Å². The van der Waals surface area contributed by atoms with E-state index in [2.05, 4.69) is 21.2 Å². The Balaban J connectivity index is 2.28. The molecule has 2 rings (SSSR count). The Bertz CT molecular complexity index is 622. The summed E-state index contributed by atoms with van der Waals surface area (Å²) in [6.07, 6.45) is -0.156. The molecule has 1 saturated carbocycles. The topological polar surface area (TPSA) is 64.6 Å². The van der Waals surface area contributed by atoms with Crippen LogP contribution in [0.1, 0.15) is 39.7 Å². The summed E-state index contributed by atoms with van der Waals surface area (Å²) in [6, 6.07) is 7.69. The number of ether oxygens (including phenoxy) is 2. The molecule has 1 aliphatic carbocycles. The molecule has 1 aromatic carbocycles. The van der Waals surface area contributed by atoms with Crippen molar-refractivity contribution in [3.63, 3.8) is 0 Å². The fourth-order valence-corrected chi connectivity index (χ4v) is 3.10. The monoisotopic (exact) mass is 383 g/mol. The predicted molar refractivity (Wildman–Crippen MR) is 90.2 cm³/mol. The van der Waals surface area contributed by atoms with Gasteiger partial charge in [-0.25, -0.2) is 9.59 Å². The highest BCUT2D eigenvalue weighted by Crippen LogP contribution is 2.58. The van der Waals surface area contributed by atoms with Gasteiger partial charge in [0.05, 0.1) is 7.11 Å². The van der Waals surface area contributed by atoms with E-state index in [0.29, 0.717) is 6.42 Å². The van der Waals surface area contributed by atoms with Crippen LogP contribution in [0, 0.1) is 0 Å². The number of halogens is 1. The molecule has 0 spiro atoms. The van der Waals surface area contributed by atoms with Gasteiger partial charge in [0.25, 0.3) is 0 Å². The van der Waals surface area contributed by atoms with Crippen LogP contribution in [0.5, 0.6) is 0 Å². The molecule has 0 aliphatic heterocycles. The fourth-order valence-electron chi connectivity index (χ4n) is 2.84. The van der Waals surface area contributed by atoms with E-state index in [4.69, 9.17) is 9.47 Å². The van der Waals surface area contributed by atoms with E-state index in [1.807, 2.05) is 31.2 Å². The van der Waals surface area contributed by atoms with E-state index in [9.17, 15) is 9.59 Å². The zero-order chi connectivity index (χ0) is 17.5. The largest absolute Gasteiger partial charge is 0.467 e. The summed E-state index contributed by atoms with van der Waals surface area (Å²) in [5.74, 6) is -0.464. The van der Waals surface area contributed by atoms with Crippen LogP contribution in [0.15, 0.2) is 28.7 Å². The van der Waals surface area contributed by atoms with Gasteiger partial charge in [-0.15, -0.1) is 0 Å². The first-order chi connectivity index (χ1) is 10.5. The molecular formula is C17H22BrNO4. The second kappa shape index (κ2) is 5.82. The van der Waals surface area contributed by atoms with Crippen LogP contribution in [0.25, 0.3) is 0 Å². The predicted octanol–water partition coefficient (Wildman–Crippen LogP) is 3.55. The van der Waals surface area contributed by atoms with Gasteiger partial charge in [0.1, 0.15) is 5.60 Å². The average Bonchev–Trinajstić information content (AvgIpc) is 3.03. The zero-order valence-electron chi connectivity index (χ0n) is 14.0. The summed E-state index contributed by atoms with van der Waals surface area (Å²) in [7, 11) is 1.32. The van der Waals surface area contributed by atoms with E-state index in [1.165, 1.54) is 7.11 Å². The Labute approximate surface area is 144 Å². The van der Waals surface area contributed by atoms with E-state index >= 15 is 0 Å². The number of hydrogen-bond donors (Lipinski definition) is 1. The molecule has 2 atom stereocenters.